The maximum atomic E-state index is 12.8. The fourth-order valence-electron chi connectivity index (χ4n) is 3.23. The highest BCUT2D eigenvalue weighted by atomic mass is 16.5. The molecule has 0 aliphatic heterocycles. The van der Waals surface area contributed by atoms with Gasteiger partial charge in [-0.3, -0.25) is 19.1 Å². The van der Waals surface area contributed by atoms with E-state index in [1.54, 1.807) is 12.0 Å². The van der Waals surface area contributed by atoms with Crippen molar-refractivity contribution in [3.63, 3.8) is 0 Å². The monoisotopic (exact) mass is 411 g/mol. The summed E-state index contributed by atoms with van der Waals surface area (Å²) >= 11 is 0. The van der Waals surface area contributed by atoms with Crippen molar-refractivity contribution >= 4 is 17.6 Å². The second-order valence-corrected chi connectivity index (χ2v) is 6.88. The molecule has 1 heterocycles. The van der Waals surface area contributed by atoms with Crippen molar-refractivity contribution < 1.29 is 14.3 Å². The Hall–Kier alpha value is -3.31. The molecule has 2 aromatic rings. The largest absolute Gasteiger partial charge is 0.497 e. The molecule has 160 valence electrons. The van der Waals surface area contributed by atoms with E-state index in [0.29, 0.717) is 24.5 Å². The van der Waals surface area contributed by atoms with E-state index < -0.39 is 0 Å². The first-order chi connectivity index (χ1) is 14.4. The number of aromatic nitrogens is 1. The lowest BCUT2D eigenvalue weighted by Gasteiger charge is -2.20. The first kappa shape index (κ1) is 23.0. The number of carbonyl (C=O) groups excluding carboxylic acids is 2. The van der Waals surface area contributed by atoms with Gasteiger partial charge in [-0.25, -0.2) is 0 Å². The second kappa shape index (κ2) is 10.5. The minimum absolute atomic E-state index is 0.0460. The molecule has 0 radical (unpaired) electrons. The van der Waals surface area contributed by atoms with E-state index in [9.17, 15) is 14.9 Å². The maximum Gasteiger partial charge on any atom is 0.239 e. The Labute approximate surface area is 177 Å². The molecule has 0 bridgehead atoms. The summed E-state index contributed by atoms with van der Waals surface area (Å²) in [4.78, 5) is 26.4. The molecule has 0 saturated carbocycles. The number of nitriles is 1. The van der Waals surface area contributed by atoms with Gasteiger partial charge in [0.15, 0.2) is 0 Å². The Morgan fingerprint density at radius 3 is 2.30 bits per heavy atom. The van der Waals surface area contributed by atoms with Crippen LogP contribution in [0.4, 0.5) is 5.82 Å². The Morgan fingerprint density at radius 2 is 1.77 bits per heavy atom. The third-order valence-electron chi connectivity index (χ3n) is 4.97. The van der Waals surface area contributed by atoms with Crippen molar-refractivity contribution in [3.8, 4) is 17.5 Å². The second-order valence-electron chi connectivity index (χ2n) is 6.88. The first-order valence-electron chi connectivity index (χ1n) is 9.91. The standard InChI is InChI=1S/C22H29N5O3/c1-6-24-20(28)13-26(7-2)14-21(29)25-22-19(12-23)15(3)16(4)27(22)17-8-10-18(30-5)11-9-17/h8-11H,6-7,13-14H2,1-5H3,(H,24,28)(H,25,29). The van der Waals surface area contributed by atoms with Crippen molar-refractivity contribution in [2.45, 2.75) is 27.7 Å². The van der Waals surface area contributed by atoms with Crippen molar-refractivity contribution in [1.82, 2.24) is 14.8 Å². The van der Waals surface area contributed by atoms with Crippen LogP contribution in [-0.4, -0.2) is 54.6 Å². The maximum absolute atomic E-state index is 12.8. The number of likely N-dealkylation sites (N-methyl/N-ethyl adjacent to an activating group) is 2. The predicted octanol–water partition coefficient (Wildman–Crippen LogP) is 2.37. The van der Waals surface area contributed by atoms with Gasteiger partial charge in [0.05, 0.1) is 25.8 Å². The van der Waals surface area contributed by atoms with E-state index in [4.69, 9.17) is 4.74 Å². The smallest absolute Gasteiger partial charge is 0.239 e. The first-order valence-corrected chi connectivity index (χ1v) is 9.91. The molecule has 0 fully saturated rings. The molecule has 0 spiro atoms. The van der Waals surface area contributed by atoms with Gasteiger partial charge in [-0.1, -0.05) is 6.92 Å². The molecule has 2 amide bonds. The molecule has 0 aliphatic carbocycles. The summed E-state index contributed by atoms with van der Waals surface area (Å²) in [6.45, 7) is 8.78. The number of benzene rings is 1. The summed E-state index contributed by atoms with van der Waals surface area (Å²) in [6, 6.07) is 9.59. The number of nitrogens with zero attached hydrogens (tertiary/aromatic N) is 3. The minimum atomic E-state index is -0.287. The van der Waals surface area contributed by atoms with E-state index in [-0.39, 0.29) is 24.9 Å². The number of hydrogen-bond acceptors (Lipinski definition) is 5. The van der Waals surface area contributed by atoms with Crippen LogP contribution in [0, 0.1) is 25.2 Å². The molecule has 0 atom stereocenters. The van der Waals surface area contributed by atoms with Gasteiger partial charge >= 0.3 is 0 Å². The van der Waals surface area contributed by atoms with Gasteiger partial charge in [-0.05, 0) is 57.1 Å². The van der Waals surface area contributed by atoms with Gasteiger partial charge in [-0.2, -0.15) is 5.26 Å². The van der Waals surface area contributed by atoms with Gasteiger partial charge in [0, 0.05) is 17.9 Å². The quantitative estimate of drug-likeness (QED) is 0.660. The highest BCUT2D eigenvalue weighted by Gasteiger charge is 2.22. The Balaban J connectivity index is 2.31. The third kappa shape index (κ3) is 5.19. The Kier molecular flexibility index (Phi) is 8.01. The SMILES string of the molecule is CCNC(=O)CN(CC)CC(=O)Nc1c(C#N)c(C)c(C)n1-c1ccc(OC)cc1. The van der Waals surface area contributed by atoms with Gasteiger partial charge in [-0.15, -0.1) is 0 Å². The van der Waals surface area contributed by atoms with Crippen LogP contribution in [0.3, 0.4) is 0 Å². The summed E-state index contributed by atoms with van der Waals surface area (Å²) < 4.78 is 7.07. The molecule has 0 unspecified atom stereocenters. The molecule has 2 rings (SSSR count). The number of hydrogen-bond donors (Lipinski definition) is 2. The van der Waals surface area contributed by atoms with Gasteiger partial charge in [0.25, 0.3) is 0 Å². The van der Waals surface area contributed by atoms with Crippen LogP contribution in [0.15, 0.2) is 24.3 Å². The van der Waals surface area contributed by atoms with E-state index in [1.165, 1.54) is 0 Å². The zero-order valence-electron chi connectivity index (χ0n) is 18.2. The van der Waals surface area contributed by atoms with Crippen LogP contribution in [0.5, 0.6) is 5.75 Å². The highest BCUT2D eigenvalue weighted by molar-refractivity contribution is 5.94. The van der Waals surface area contributed by atoms with Gasteiger partial charge < -0.3 is 15.4 Å². The number of rotatable bonds is 9. The topological polar surface area (TPSA) is 99.4 Å². The Morgan fingerprint density at radius 1 is 1.13 bits per heavy atom. The van der Waals surface area contributed by atoms with E-state index in [2.05, 4.69) is 16.7 Å². The number of nitrogens with one attached hydrogen (secondary N) is 2. The van der Waals surface area contributed by atoms with E-state index in [1.807, 2.05) is 56.5 Å². The fraction of sp³-hybridized carbons (Fsp3) is 0.409. The average molecular weight is 412 g/mol. The molecule has 1 aromatic carbocycles. The predicted molar refractivity (Wildman–Crippen MR) is 116 cm³/mol. The van der Waals surface area contributed by atoms with E-state index in [0.717, 1.165) is 22.7 Å². The molecule has 8 nitrogen and oxygen atoms in total. The normalized spacial score (nSPS) is 10.6. The van der Waals surface area contributed by atoms with Crippen LogP contribution < -0.4 is 15.4 Å². The van der Waals surface area contributed by atoms with Gasteiger partial charge in [0.2, 0.25) is 11.8 Å². The van der Waals surface area contributed by atoms with Crippen molar-refractivity contribution in [2.75, 3.05) is 38.6 Å². The zero-order chi connectivity index (χ0) is 22.3. The van der Waals surface area contributed by atoms with Crippen LogP contribution in [0.25, 0.3) is 5.69 Å². The molecular formula is C22H29N5O3. The van der Waals surface area contributed by atoms with Crippen molar-refractivity contribution in [3.05, 3.63) is 41.1 Å². The lowest BCUT2D eigenvalue weighted by atomic mass is 10.2. The van der Waals surface area contributed by atoms with Crippen LogP contribution in [-0.2, 0) is 9.59 Å². The highest BCUT2D eigenvalue weighted by Crippen LogP contribution is 2.30. The van der Waals surface area contributed by atoms with E-state index >= 15 is 0 Å². The lowest BCUT2D eigenvalue weighted by Crippen LogP contribution is -2.41. The minimum Gasteiger partial charge on any atom is -0.497 e. The third-order valence-corrected chi connectivity index (χ3v) is 4.97. The van der Waals surface area contributed by atoms with Crippen LogP contribution in [0.2, 0.25) is 0 Å². The van der Waals surface area contributed by atoms with Gasteiger partial charge in [0.1, 0.15) is 17.6 Å². The Bertz CT molecular complexity index is 941. The number of carbonyl (C=O) groups is 2. The molecule has 1 aromatic heterocycles. The van der Waals surface area contributed by atoms with Crippen molar-refractivity contribution in [2.24, 2.45) is 0 Å². The van der Waals surface area contributed by atoms with Crippen LogP contribution >= 0.6 is 0 Å². The molecule has 2 N–H and O–H groups in total. The summed E-state index contributed by atoms with van der Waals surface area (Å²) in [5.74, 6) is 0.732. The average Bonchev–Trinajstić information content (AvgIpc) is 2.96. The number of ether oxygens (including phenoxy) is 1. The lowest BCUT2D eigenvalue weighted by molar-refractivity contribution is -0.123. The molecular weight excluding hydrogens is 382 g/mol. The summed E-state index contributed by atoms with van der Waals surface area (Å²) in [5, 5.41) is 15.3. The number of amides is 2. The molecule has 8 heteroatoms. The molecule has 30 heavy (non-hydrogen) atoms. The van der Waals surface area contributed by atoms with Crippen molar-refractivity contribution in [1.29, 1.82) is 5.26 Å². The number of anilines is 1. The summed E-state index contributed by atoms with van der Waals surface area (Å²) in [7, 11) is 1.60. The molecule has 0 saturated heterocycles. The molecule has 0 aliphatic rings. The van der Waals surface area contributed by atoms with Crippen LogP contribution in [0.1, 0.15) is 30.7 Å². The number of methoxy groups -OCH3 is 1. The summed E-state index contributed by atoms with van der Waals surface area (Å²) in [5.41, 5.74) is 2.89. The summed E-state index contributed by atoms with van der Waals surface area (Å²) in [6.07, 6.45) is 0. The fourth-order valence-corrected chi connectivity index (χ4v) is 3.23. The zero-order valence-corrected chi connectivity index (χ0v) is 18.2.